The van der Waals surface area contributed by atoms with Crippen molar-refractivity contribution in [3.05, 3.63) is 24.5 Å². The van der Waals surface area contributed by atoms with Crippen molar-refractivity contribution in [2.45, 2.75) is 26.4 Å². The number of ether oxygens (including phenoxy) is 2. The number of nitrogens with zero attached hydrogens (tertiary/aromatic N) is 1. The first kappa shape index (κ1) is 12.6. The lowest BCUT2D eigenvalue weighted by atomic mass is 10.2. The maximum Gasteiger partial charge on any atom is 0.338 e. The van der Waals surface area contributed by atoms with E-state index in [1.165, 1.54) is 0 Å². The van der Waals surface area contributed by atoms with Crippen LogP contribution in [0.4, 0.5) is 0 Å². The van der Waals surface area contributed by atoms with Crippen LogP contribution in [0.25, 0.3) is 10.9 Å². The Labute approximate surface area is 105 Å². The smallest absolute Gasteiger partial charge is 0.338 e. The van der Waals surface area contributed by atoms with E-state index in [0.717, 1.165) is 10.9 Å². The standard InChI is InChI=1S/C13H16N2O3/c1-13(2,3)17-8-12(16)18-11-6-9-4-5-14-10(9)7-15-11/h4-7,14H,8H2,1-3H3. The molecule has 5 nitrogen and oxygen atoms in total. The number of carbonyl (C=O) groups is 1. The van der Waals surface area contributed by atoms with E-state index < -0.39 is 5.97 Å². The zero-order valence-electron chi connectivity index (χ0n) is 10.7. The fourth-order valence-electron chi connectivity index (χ4n) is 1.41. The molecule has 0 amide bonds. The Kier molecular flexibility index (Phi) is 3.34. The molecule has 0 aromatic carbocycles. The monoisotopic (exact) mass is 248 g/mol. The van der Waals surface area contributed by atoms with Gasteiger partial charge in [0.05, 0.1) is 17.3 Å². The topological polar surface area (TPSA) is 64.2 Å². The summed E-state index contributed by atoms with van der Waals surface area (Å²) in [5.74, 6) is -0.170. The lowest BCUT2D eigenvalue weighted by Crippen LogP contribution is -2.26. The number of esters is 1. The van der Waals surface area contributed by atoms with Crippen molar-refractivity contribution in [3.63, 3.8) is 0 Å². The number of rotatable bonds is 3. The molecule has 0 fully saturated rings. The molecule has 2 aromatic rings. The molecule has 0 atom stereocenters. The molecule has 2 heterocycles. The first-order valence-electron chi connectivity index (χ1n) is 5.72. The van der Waals surface area contributed by atoms with Crippen LogP contribution in [-0.4, -0.2) is 28.1 Å². The average molecular weight is 248 g/mol. The molecule has 0 radical (unpaired) electrons. The number of nitrogens with one attached hydrogen (secondary N) is 1. The molecule has 0 saturated heterocycles. The minimum atomic E-state index is -0.452. The highest BCUT2D eigenvalue weighted by molar-refractivity contribution is 5.80. The van der Waals surface area contributed by atoms with Gasteiger partial charge < -0.3 is 14.5 Å². The molecule has 1 N–H and O–H groups in total. The summed E-state index contributed by atoms with van der Waals surface area (Å²) in [5, 5.41) is 0.949. The minimum absolute atomic E-state index is 0.0870. The van der Waals surface area contributed by atoms with Crippen molar-refractivity contribution in [2.75, 3.05) is 6.61 Å². The summed E-state index contributed by atoms with van der Waals surface area (Å²) >= 11 is 0. The van der Waals surface area contributed by atoms with Crippen LogP contribution in [0.15, 0.2) is 24.5 Å². The van der Waals surface area contributed by atoms with Crippen molar-refractivity contribution < 1.29 is 14.3 Å². The lowest BCUT2D eigenvalue weighted by Gasteiger charge is -2.18. The number of carbonyl (C=O) groups excluding carboxylic acids is 1. The Hall–Kier alpha value is -1.88. The van der Waals surface area contributed by atoms with Gasteiger partial charge in [0.25, 0.3) is 0 Å². The maximum atomic E-state index is 11.5. The van der Waals surface area contributed by atoms with Crippen LogP contribution in [0.2, 0.25) is 0 Å². The summed E-state index contributed by atoms with van der Waals surface area (Å²) in [7, 11) is 0. The second-order valence-electron chi connectivity index (χ2n) is 4.96. The van der Waals surface area contributed by atoms with E-state index in [2.05, 4.69) is 9.97 Å². The molecule has 5 heteroatoms. The summed E-state index contributed by atoms with van der Waals surface area (Å²) < 4.78 is 10.4. The van der Waals surface area contributed by atoms with Crippen LogP contribution < -0.4 is 4.74 Å². The molecule has 0 saturated carbocycles. The number of fused-ring (bicyclic) bond motifs is 1. The van der Waals surface area contributed by atoms with E-state index >= 15 is 0 Å². The summed E-state index contributed by atoms with van der Waals surface area (Å²) in [6.45, 7) is 5.55. The Balaban J connectivity index is 1.98. The third-order valence-corrected chi connectivity index (χ3v) is 2.25. The first-order valence-corrected chi connectivity index (χ1v) is 5.72. The predicted molar refractivity (Wildman–Crippen MR) is 67.4 cm³/mol. The van der Waals surface area contributed by atoms with Gasteiger partial charge in [-0.15, -0.1) is 0 Å². The Bertz CT molecular complexity index is 555. The molecule has 18 heavy (non-hydrogen) atoms. The molecular formula is C13H16N2O3. The van der Waals surface area contributed by atoms with Gasteiger partial charge in [0.2, 0.25) is 5.88 Å². The molecule has 0 bridgehead atoms. The van der Waals surface area contributed by atoms with Crippen LogP contribution in [0.5, 0.6) is 5.88 Å². The summed E-state index contributed by atoms with van der Waals surface area (Å²) in [4.78, 5) is 18.6. The van der Waals surface area contributed by atoms with E-state index in [4.69, 9.17) is 9.47 Å². The van der Waals surface area contributed by atoms with E-state index in [9.17, 15) is 4.79 Å². The molecule has 96 valence electrons. The van der Waals surface area contributed by atoms with Gasteiger partial charge in [-0.1, -0.05) is 0 Å². The van der Waals surface area contributed by atoms with Gasteiger partial charge in [-0.25, -0.2) is 9.78 Å². The zero-order valence-corrected chi connectivity index (χ0v) is 10.7. The van der Waals surface area contributed by atoms with Gasteiger partial charge in [-0.3, -0.25) is 0 Å². The fraction of sp³-hybridized carbons (Fsp3) is 0.385. The summed E-state index contributed by atoms with van der Waals surface area (Å²) in [6.07, 6.45) is 3.43. The highest BCUT2D eigenvalue weighted by Gasteiger charge is 2.14. The van der Waals surface area contributed by atoms with Crippen molar-refractivity contribution in [1.29, 1.82) is 0 Å². The predicted octanol–water partition coefficient (Wildman–Crippen LogP) is 2.28. The second kappa shape index (κ2) is 4.78. The maximum absolute atomic E-state index is 11.5. The Morgan fingerprint density at radius 3 is 2.94 bits per heavy atom. The molecule has 2 aromatic heterocycles. The van der Waals surface area contributed by atoms with Crippen molar-refractivity contribution >= 4 is 16.9 Å². The number of aromatic nitrogens is 2. The molecular weight excluding hydrogens is 232 g/mol. The molecule has 0 unspecified atom stereocenters. The minimum Gasteiger partial charge on any atom is -0.406 e. The normalized spacial score (nSPS) is 11.7. The lowest BCUT2D eigenvalue weighted by molar-refractivity contribution is -0.144. The molecule has 0 aliphatic carbocycles. The highest BCUT2D eigenvalue weighted by atomic mass is 16.6. The van der Waals surface area contributed by atoms with Gasteiger partial charge in [-0.05, 0) is 26.8 Å². The Morgan fingerprint density at radius 1 is 1.44 bits per heavy atom. The molecule has 0 aliphatic rings. The Morgan fingerprint density at radius 2 is 2.22 bits per heavy atom. The van der Waals surface area contributed by atoms with Crippen LogP contribution in [0.3, 0.4) is 0 Å². The largest absolute Gasteiger partial charge is 0.406 e. The van der Waals surface area contributed by atoms with E-state index in [1.54, 1.807) is 18.5 Å². The van der Waals surface area contributed by atoms with E-state index in [-0.39, 0.29) is 18.1 Å². The van der Waals surface area contributed by atoms with Crippen LogP contribution in [0, 0.1) is 0 Å². The van der Waals surface area contributed by atoms with E-state index in [0.29, 0.717) is 0 Å². The van der Waals surface area contributed by atoms with E-state index in [1.807, 2.05) is 26.8 Å². The van der Waals surface area contributed by atoms with Crippen LogP contribution in [-0.2, 0) is 9.53 Å². The zero-order chi connectivity index (χ0) is 13.2. The van der Waals surface area contributed by atoms with Gasteiger partial charge in [0.15, 0.2) is 0 Å². The number of hydrogen-bond acceptors (Lipinski definition) is 4. The van der Waals surface area contributed by atoms with Gasteiger partial charge >= 0.3 is 5.97 Å². The van der Waals surface area contributed by atoms with Crippen molar-refractivity contribution in [3.8, 4) is 5.88 Å². The third kappa shape index (κ3) is 3.30. The number of pyridine rings is 1. The summed E-state index contributed by atoms with van der Waals surface area (Å²) in [5.41, 5.74) is 0.539. The second-order valence-corrected chi connectivity index (χ2v) is 4.96. The SMILES string of the molecule is CC(C)(C)OCC(=O)Oc1cc2cc[nH]c2cn1. The first-order chi connectivity index (χ1) is 8.44. The van der Waals surface area contributed by atoms with Crippen LogP contribution in [0.1, 0.15) is 20.8 Å². The van der Waals surface area contributed by atoms with Crippen LogP contribution >= 0.6 is 0 Å². The molecule has 0 aliphatic heterocycles. The number of hydrogen-bond donors (Lipinski definition) is 1. The quantitative estimate of drug-likeness (QED) is 0.846. The highest BCUT2D eigenvalue weighted by Crippen LogP contribution is 2.16. The van der Waals surface area contributed by atoms with Gasteiger partial charge in [0.1, 0.15) is 6.61 Å². The van der Waals surface area contributed by atoms with Crippen molar-refractivity contribution in [1.82, 2.24) is 9.97 Å². The fourth-order valence-corrected chi connectivity index (χ4v) is 1.41. The third-order valence-electron chi connectivity index (χ3n) is 2.25. The van der Waals surface area contributed by atoms with Gasteiger partial charge in [0, 0.05) is 17.6 Å². The average Bonchev–Trinajstić information content (AvgIpc) is 2.72. The molecule has 2 rings (SSSR count). The number of H-pyrrole nitrogens is 1. The van der Waals surface area contributed by atoms with Gasteiger partial charge in [-0.2, -0.15) is 0 Å². The summed E-state index contributed by atoms with van der Waals surface area (Å²) in [6, 6.07) is 3.60. The molecule has 0 spiro atoms. The number of aromatic amines is 1. The van der Waals surface area contributed by atoms with Crippen molar-refractivity contribution in [2.24, 2.45) is 0 Å².